The van der Waals surface area contributed by atoms with Gasteiger partial charge in [0.15, 0.2) is 0 Å². The summed E-state index contributed by atoms with van der Waals surface area (Å²) >= 11 is 0. The van der Waals surface area contributed by atoms with Crippen molar-refractivity contribution in [3.63, 3.8) is 0 Å². The van der Waals surface area contributed by atoms with E-state index < -0.39 is 11.6 Å². The van der Waals surface area contributed by atoms with E-state index in [0.717, 1.165) is 37.3 Å². The van der Waals surface area contributed by atoms with E-state index in [0.29, 0.717) is 37.6 Å². The van der Waals surface area contributed by atoms with Crippen LogP contribution in [0, 0.1) is 13.8 Å². The molecule has 4 rings (SSSR count). The zero-order valence-corrected chi connectivity index (χ0v) is 20.5. The second kappa shape index (κ2) is 10.8. The third-order valence-electron chi connectivity index (χ3n) is 6.74. The molecule has 0 bridgehead atoms. The van der Waals surface area contributed by atoms with Crippen molar-refractivity contribution < 1.29 is 9.59 Å². The number of nitrogens with two attached hydrogens (primary N) is 1. The molecule has 35 heavy (non-hydrogen) atoms. The Morgan fingerprint density at radius 1 is 0.971 bits per heavy atom. The molecular weight excluding hydrogens is 444 g/mol. The number of benzene rings is 1. The number of hydrogen-bond acceptors (Lipinski definition) is 6. The van der Waals surface area contributed by atoms with Crippen LogP contribution in [0.25, 0.3) is 0 Å². The Balaban J connectivity index is 1.55. The smallest absolute Gasteiger partial charge is 0.326 e. The number of amides is 3. The van der Waals surface area contributed by atoms with Crippen LogP contribution in [0.2, 0.25) is 0 Å². The number of urea groups is 1. The number of aromatic nitrogens is 2. The van der Waals surface area contributed by atoms with Gasteiger partial charge in [0.05, 0.1) is 0 Å². The van der Waals surface area contributed by atoms with E-state index in [4.69, 9.17) is 5.73 Å². The Morgan fingerprint density at radius 3 is 2.20 bits per heavy atom. The Labute approximate surface area is 206 Å². The summed E-state index contributed by atoms with van der Waals surface area (Å²) in [6.45, 7) is 6.58. The van der Waals surface area contributed by atoms with Crippen molar-refractivity contribution in [2.24, 2.45) is 10.7 Å². The summed E-state index contributed by atoms with van der Waals surface area (Å²) < 4.78 is 0. The Bertz CT molecular complexity index is 1050. The number of aliphatic imine (C=N–C) groups is 1. The summed E-state index contributed by atoms with van der Waals surface area (Å²) in [7, 11) is 0. The number of guanidine groups is 1. The van der Waals surface area contributed by atoms with E-state index in [1.54, 1.807) is 0 Å². The maximum Gasteiger partial charge on any atom is 0.326 e. The molecule has 0 aliphatic carbocycles. The predicted molar refractivity (Wildman–Crippen MR) is 135 cm³/mol. The van der Waals surface area contributed by atoms with Gasteiger partial charge >= 0.3 is 6.03 Å². The van der Waals surface area contributed by atoms with E-state index in [2.05, 4.69) is 30.5 Å². The monoisotopic (exact) mass is 478 g/mol. The topological polar surface area (TPSA) is 129 Å². The van der Waals surface area contributed by atoms with E-state index in [1.807, 2.05) is 55.1 Å². The Kier molecular flexibility index (Phi) is 7.60. The molecule has 1 aromatic carbocycles. The molecule has 4 N–H and O–H groups in total. The van der Waals surface area contributed by atoms with Crippen LogP contribution in [0.1, 0.15) is 43.5 Å². The molecule has 3 heterocycles. The lowest BCUT2D eigenvalue weighted by molar-refractivity contribution is -0.134. The first-order valence-electron chi connectivity index (χ1n) is 12.2. The number of anilines is 1. The highest BCUT2D eigenvalue weighted by atomic mass is 16.2. The first-order chi connectivity index (χ1) is 16.9. The van der Waals surface area contributed by atoms with E-state index in [1.165, 1.54) is 6.42 Å². The number of primary amides is 1. The van der Waals surface area contributed by atoms with Gasteiger partial charge in [-0.05, 0) is 70.8 Å². The van der Waals surface area contributed by atoms with Crippen molar-refractivity contribution in [2.45, 2.75) is 51.5 Å². The van der Waals surface area contributed by atoms with Crippen molar-refractivity contribution in [3.05, 3.63) is 47.8 Å². The van der Waals surface area contributed by atoms with E-state index >= 15 is 0 Å². The highest BCUT2D eigenvalue weighted by molar-refractivity contribution is 6.03. The van der Waals surface area contributed by atoms with Crippen molar-refractivity contribution in [3.8, 4) is 0 Å². The SMILES string of the molecule is Cc1cc(C)nc(/N=C(\NC(=O)Nc2ccccc2)N2CCC(C(N)=O)(N3CCCCC3)CC2)n1. The number of carbonyl (C=O) groups is 2. The minimum Gasteiger partial charge on any atom is -0.368 e. The average molecular weight is 479 g/mol. The molecule has 2 aromatic rings. The highest BCUT2D eigenvalue weighted by Gasteiger charge is 2.45. The van der Waals surface area contributed by atoms with Crippen LogP contribution in [0.5, 0.6) is 0 Å². The third kappa shape index (κ3) is 5.94. The van der Waals surface area contributed by atoms with Crippen molar-refractivity contribution in [1.29, 1.82) is 0 Å². The molecule has 1 aromatic heterocycles. The number of nitrogens with zero attached hydrogens (tertiary/aromatic N) is 5. The first-order valence-corrected chi connectivity index (χ1v) is 12.2. The van der Waals surface area contributed by atoms with Gasteiger partial charge < -0.3 is 16.0 Å². The zero-order chi connectivity index (χ0) is 24.8. The van der Waals surface area contributed by atoms with Crippen LogP contribution < -0.4 is 16.4 Å². The molecule has 0 saturated carbocycles. The van der Waals surface area contributed by atoms with Gasteiger partial charge in [0.1, 0.15) is 5.54 Å². The summed E-state index contributed by atoms with van der Waals surface area (Å²) in [5.74, 6) is 0.352. The van der Waals surface area contributed by atoms with Crippen LogP contribution in [-0.2, 0) is 4.79 Å². The molecule has 2 aliphatic heterocycles. The van der Waals surface area contributed by atoms with Crippen molar-refractivity contribution in [2.75, 3.05) is 31.5 Å². The molecule has 3 amide bonds. The second-order valence-corrected chi connectivity index (χ2v) is 9.26. The molecule has 10 heteroatoms. The van der Waals surface area contributed by atoms with E-state index in [-0.39, 0.29) is 11.9 Å². The average Bonchev–Trinajstić information content (AvgIpc) is 2.84. The summed E-state index contributed by atoms with van der Waals surface area (Å²) in [6.07, 6.45) is 4.48. The molecule has 2 saturated heterocycles. The maximum atomic E-state index is 12.8. The molecule has 186 valence electrons. The zero-order valence-electron chi connectivity index (χ0n) is 20.5. The predicted octanol–water partition coefficient (Wildman–Crippen LogP) is 2.71. The normalized spacial score (nSPS) is 18.7. The number of rotatable bonds is 4. The van der Waals surface area contributed by atoms with Crippen molar-refractivity contribution in [1.82, 2.24) is 25.1 Å². The van der Waals surface area contributed by atoms with Gasteiger partial charge in [0, 0.05) is 30.2 Å². The number of para-hydroxylation sites is 1. The third-order valence-corrected chi connectivity index (χ3v) is 6.74. The van der Waals surface area contributed by atoms with Crippen LogP contribution in [0.15, 0.2) is 41.4 Å². The lowest BCUT2D eigenvalue weighted by Gasteiger charge is -2.48. The van der Waals surface area contributed by atoms with Gasteiger partial charge in [-0.2, -0.15) is 4.99 Å². The largest absolute Gasteiger partial charge is 0.368 e. The van der Waals surface area contributed by atoms with Crippen LogP contribution in [0.3, 0.4) is 0 Å². The van der Waals surface area contributed by atoms with Crippen LogP contribution >= 0.6 is 0 Å². The molecule has 2 fully saturated rings. The minimum absolute atomic E-state index is 0.273. The van der Waals surface area contributed by atoms with Gasteiger partial charge in [-0.15, -0.1) is 0 Å². The Morgan fingerprint density at radius 2 is 1.60 bits per heavy atom. The fourth-order valence-electron chi connectivity index (χ4n) is 4.94. The lowest BCUT2D eigenvalue weighted by Crippen LogP contribution is -2.64. The van der Waals surface area contributed by atoms with E-state index in [9.17, 15) is 9.59 Å². The number of piperidine rings is 2. The van der Waals surface area contributed by atoms with Gasteiger partial charge in [-0.3, -0.25) is 15.0 Å². The molecule has 0 spiro atoms. The number of likely N-dealkylation sites (tertiary alicyclic amines) is 2. The van der Waals surface area contributed by atoms with Crippen molar-refractivity contribution >= 4 is 29.5 Å². The summed E-state index contributed by atoms with van der Waals surface area (Å²) in [5.41, 5.74) is 7.54. The van der Waals surface area contributed by atoms with Gasteiger partial charge in [-0.25, -0.2) is 14.8 Å². The molecule has 0 radical (unpaired) electrons. The minimum atomic E-state index is -0.662. The molecule has 2 aliphatic rings. The second-order valence-electron chi connectivity index (χ2n) is 9.26. The lowest BCUT2D eigenvalue weighted by atomic mass is 9.83. The molecule has 0 unspecified atom stereocenters. The Hall–Kier alpha value is -3.53. The van der Waals surface area contributed by atoms with Gasteiger partial charge in [0.25, 0.3) is 5.95 Å². The number of hydrogen-bond donors (Lipinski definition) is 3. The number of carbonyl (C=O) groups excluding carboxylic acids is 2. The fourth-order valence-corrected chi connectivity index (χ4v) is 4.94. The number of nitrogens with one attached hydrogen (secondary N) is 2. The number of aryl methyl sites for hydroxylation is 2. The van der Waals surface area contributed by atoms with Gasteiger partial charge in [-0.1, -0.05) is 24.6 Å². The fraction of sp³-hybridized carbons (Fsp3) is 0.480. The van der Waals surface area contributed by atoms with Crippen LogP contribution in [-0.4, -0.2) is 69.4 Å². The molecule has 0 atom stereocenters. The van der Waals surface area contributed by atoms with Crippen LogP contribution in [0.4, 0.5) is 16.4 Å². The first kappa shape index (κ1) is 24.6. The van der Waals surface area contributed by atoms with Gasteiger partial charge in [0.2, 0.25) is 11.9 Å². The maximum absolute atomic E-state index is 12.8. The quantitative estimate of drug-likeness (QED) is 0.458. The summed E-state index contributed by atoms with van der Waals surface area (Å²) in [6, 6.07) is 10.7. The highest BCUT2D eigenvalue weighted by Crippen LogP contribution is 2.31. The summed E-state index contributed by atoms with van der Waals surface area (Å²) in [4.78, 5) is 43.1. The standard InChI is InChI=1S/C25H34N8O2/c1-18-17-19(2)28-22(27-18)30-23(31-24(35)29-20-9-5-3-6-10-20)32-15-11-25(12-16-32,21(26)34)33-13-7-4-8-14-33/h3,5-6,9-10,17H,4,7-8,11-16H2,1-2H3,(H2,26,34)(H2,27,28,29,30,31,35). The molecular formula is C25H34N8O2. The summed E-state index contributed by atoms with van der Waals surface area (Å²) in [5, 5.41) is 5.70. The molecule has 10 nitrogen and oxygen atoms in total.